The lowest BCUT2D eigenvalue weighted by Crippen LogP contribution is -2.31. The van der Waals surface area contributed by atoms with E-state index in [9.17, 15) is 18.5 Å². The number of non-ortho nitro benzene ring substituents is 1. The zero-order valence-corrected chi connectivity index (χ0v) is 15.5. The van der Waals surface area contributed by atoms with Crippen LogP contribution in [0.1, 0.15) is 22.1 Å². The summed E-state index contributed by atoms with van der Waals surface area (Å²) in [7, 11) is -3.63. The molecule has 0 radical (unpaired) electrons. The first-order valence-electron chi connectivity index (χ1n) is 7.76. The van der Waals surface area contributed by atoms with Gasteiger partial charge in [0, 0.05) is 24.4 Å². The number of nitro groups is 1. The van der Waals surface area contributed by atoms with Crippen molar-refractivity contribution >= 4 is 27.5 Å². The maximum Gasteiger partial charge on any atom is 0.269 e. The van der Waals surface area contributed by atoms with Gasteiger partial charge in [0.2, 0.25) is 10.0 Å². The second kappa shape index (κ2) is 6.78. The SMILES string of the molecule is Cc1ccc(S(=O)(=O)N2CCS[C@@H]2c2ccc([N+](=O)[O-])cc2)c(C)c1. The van der Waals surface area contributed by atoms with Crippen LogP contribution in [0.2, 0.25) is 0 Å². The third kappa shape index (κ3) is 3.42. The monoisotopic (exact) mass is 378 g/mol. The molecule has 1 fully saturated rings. The molecule has 1 aliphatic rings. The van der Waals surface area contributed by atoms with Crippen LogP contribution in [0, 0.1) is 24.0 Å². The summed E-state index contributed by atoms with van der Waals surface area (Å²) in [6.45, 7) is 4.14. The minimum atomic E-state index is -3.63. The maximum atomic E-state index is 13.1. The van der Waals surface area contributed by atoms with Crippen molar-refractivity contribution in [1.82, 2.24) is 4.31 Å². The number of benzene rings is 2. The van der Waals surface area contributed by atoms with E-state index in [4.69, 9.17) is 0 Å². The first-order chi connectivity index (χ1) is 11.8. The number of hydrogen-bond acceptors (Lipinski definition) is 5. The summed E-state index contributed by atoms with van der Waals surface area (Å²) < 4.78 is 27.7. The van der Waals surface area contributed by atoms with Crippen molar-refractivity contribution in [3.8, 4) is 0 Å². The third-order valence-electron chi connectivity index (χ3n) is 4.16. The van der Waals surface area contributed by atoms with Gasteiger partial charge in [0.1, 0.15) is 0 Å². The highest BCUT2D eigenvalue weighted by molar-refractivity contribution is 8.01. The van der Waals surface area contributed by atoms with Crippen LogP contribution in [0.4, 0.5) is 5.69 Å². The summed E-state index contributed by atoms with van der Waals surface area (Å²) >= 11 is 1.53. The summed E-state index contributed by atoms with van der Waals surface area (Å²) in [5, 5.41) is 10.4. The van der Waals surface area contributed by atoms with Gasteiger partial charge in [-0.05, 0) is 43.2 Å². The predicted octanol–water partition coefficient (Wildman–Crippen LogP) is 3.65. The Balaban J connectivity index is 1.96. The third-order valence-corrected chi connectivity index (χ3v) is 7.57. The lowest BCUT2D eigenvalue weighted by molar-refractivity contribution is -0.384. The molecular formula is C17H18N2O4S2. The Labute approximate surface area is 151 Å². The second-order valence-electron chi connectivity index (χ2n) is 5.96. The van der Waals surface area contributed by atoms with Crippen LogP contribution in [0.3, 0.4) is 0 Å². The molecule has 0 amide bonds. The Kier molecular flexibility index (Phi) is 4.86. The van der Waals surface area contributed by atoms with Crippen LogP contribution in [0.25, 0.3) is 0 Å². The number of hydrogen-bond donors (Lipinski definition) is 0. The quantitative estimate of drug-likeness (QED) is 0.599. The average Bonchev–Trinajstić information content (AvgIpc) is 3.05. The molecule has 1 atom stereocenters. The molecule has 2 aromatic rings. The summed E-state index contributed by atoms with van der Waals surface area (Å²) in [4.78, 5) is 10.7. The van der Waals surface area contributed by atoms with Gasteiger partial charge in [-0.3, -0.25) is 10.1 Å². The number of aryl methyl sites for hydroxylation is 2. The topological polar surface area (TPSA) is 80.5 Å². The van der Waals surface area contributed by atoms with Crippen molar-refractivity contribution in [1.29, 1.82) is 0 Å². The van der Waals surface area contributed by atoms with Crippen molar-refractivity contribution in [2.24, 2.45) is 0 Å². The molecule has 1 saturated heterocycles. The van der Waals surface area contributed by atoms with Gasteiger partial charge in [-0.2, -0.15) is 4.31 Å². The van der Waals surface area contributed by atoms with Crippen molar-refractivity contribution < 1.29 is 13.3 Å². The molecular weight excluding hydrogens is 360 g/mol. The van der Waals surface area contributed by atoms with E-state index < -0.39 is 14.9 Å². The first kappa shape index (κ1) is 17.9. The van der Waals surface area contributed by atoms with Crippen LogP contribution in [-0.2, 0) is 10.0 Å². The van der Waals surface area contributed by atoms with Gasteiger partial charge < -0.3 is 0 Å². The molecule has 2 aromatic carbocycles. The molecule has 0 aromatic heterocycles. The molecule has 0 saturated carbocycles. The van der Waals surface area contributed by atoms with Crippen LogP contribution in [0.15, 0.2) is 47.4 Å². The minimum absolute atomic E-state index is 0.00414. The van der Waals surface area contributed by atoms with Gasteiger partial charge in [-0.25, -0.2) is 8.42 Å². The highest BCUT2D eigenvalue weighted by Gasteiger charge is 2.37. The molecule has 8 heteroatoms. The van der Waals surface area contributed by atoms with Crippen molar-refractivity contribution in [2.45, 2.75) is 24.1 Å². The fourth-order valence-electron chi connectivity index (χ4n) is 2.94. The maximum absolute atomic E-state index is 13.1. The van der Waals surface area contributed by atoms with E-state index in [-0.39, 0.29) is 11.1 Å². The molecule has 0 spiro atoms. The van der Waals surface area contributed by atoms with Gasteiger partial charge in [0.15, 0.2) is 0 Å². The lowest BCUT2D eigenvalue weighted by Gasteiger charge is -2.24. The molecule has 1 aliphatic heterocycles. The molecule has 0 unspecified atom stereocenters. The smallest absolute Gasteiger partial charge is 0.258 e. The van der Waals surface area contributed by atoms with Gasteiger partial charge in [-0.15, -0.1) is 11.8 Å². The summed E-state index contributed by atoms with van der Waals surface area (Å²) in [5.74, 6) is 0.686. The molecule has 6 nitrogen and oxygen atoms in total. The standard InChI is InChI=1S/C17H18N2O4S2/c1-12-3-8-16(13(2)11-12)25(22,23)18-9-10-24-17(18)14-4-6-15(7-5-14)19(20)21/h3-8,11,17H,9-10H2,1-2H3/t17-/m1/s1. The summed E-state index contributed by atoms with van der Waals surface area (Å²) in [6.07, 6.45) is 0. The molecule has 25 heavy (non-hydrogen) atoms. The highest BCUT2D eigenvalue weighted by Crippen LogP contribution is 2.42. The Bertz CT molecular complexity index is 911. The van der Waals surface area contributed by atoms with Crippen molar-refractivity contribution in [3.05, 3.63) is 69.3 Å². The van der Waals surface area contributed by atoms with Gasteiger partial charge in [0.05, 0.1) is 15.2 Å². The highest BCUT2D eigenvalue weighted by atomic mass is 32.2. The van der Waals surface area contributed by atoms with Crippen LogP contribution in [0.5, 0.6) is 0 Å². The van der Waals surface area contributed by atoms with E-state index in [0.29, 0.717) is 17.2 Å². The molecule has 132 valence electrons. The zero-order chi connectivity index (χ0) is 18.2. The lowest BCUT2D eigenvalue weighted by atomic mass is 10.2. The van der Waals surface area contributed by atoms with E-state index >= 15 is 0 Å². The molecule has 0 aliphatic carbocycles. The number of thioether (sulfide) groups is 1. The van der Waals surface area contributed by atoms with Gasteiger partial charge >= 0.3 is 0 Å². The second-order valence-corrected chi connectivity index (χ2v) is 9.00. The fourth-order valence-corrected chi connectivity index (χ4v) is 6.39. The van der Waals surface area contributed by atoms with Crippen LogP contribution in [-0.4, -0.2) is 29.9 Å². The largest absolute Gasteiger partial charge is 0.269 e. The van der Waals surface area contributed by atoms with Crippen LogP contribution >= 0.6 is 11.8 Å². The average molecular weight is 378 g/mol. The van der Waals surface area contributed by atoms with Crippen molar-refractivity contribution in [2.75, 3.05) is 12.3 Å². The van der Waals surface area contributed by atoms with E-state index in [0.717, 1.165) is 16.7 Å². The molecule has 0 N–H and O–H groups in total. The Morgan fingerprint density at radius 1 is 1.16 bits per heavy atom. The van der Waals surface area contributed by atoms with Crippen molar-refractivity contribution in [3.63, 3.8) is 0 Å². The van der Waals surface area contributed by atoms with Crippen LogP contribution < -0.4 is 0 Å². The Hall–Kier alpha value is -1.90. The first-order valence-corrected chi connectivity index (χ1v) is 10.2. The van der Waals surface area contributed by atoms with E-state index in [2.05, 4.69) is 0 Å². The van der Waals surface area contributed by atoms with Gasteiger partial charge in [-0.1, -0.05) is 17.7 Å². The Morgan fingerprint density at radius 2 is 1.84 bits per heavy atom. The number of nitro benzene ring substituents is 1. The molecule has 3 rings (SSSR count). The number of rotatable bonds is 4. The van der Waals surface area contributed by atoms with E-state index in [1.54, 1.807) is 31.2 Å². The van der Waals surface area contributed by atoms with E-state index in [1.807, 2.05) is 13.0 Å². The normalized spacial score (nSPS) is 18.4. The summed E-state index contributed by atoms with van der Waals surface area (Å²) in [5.41, 5.74) is 2.48. The number of sulfonamides is 1. The summed E-state index contributed by atoms with van der Waals surface area (Å²) in [6, 6.07) is 11.4. The fraction of sp³-hybridized carbons (Fsp3) is 0.294. The molecule has 1 heterocycles. The number of nitrogens with zero attached hydrogens (tertiary/aromatic N) is 2. The Morgan fingerprint density at radius 3 is 2.44 bits per heavy atom. The minimum Gasteiger partial charge on any atom is -0.258 e. The van der Waals surface area contributed by atoms with Gasteiger partial charge in [0.25, 0.3) is 5.69 Å². The van der Waals surface area contributed by atoms with E-state index in [1.165, 1.54) is 28.2 Å². The zero-order valence-electron chi connectivity index (χ0n) is 13.9. The molecule has 0 bridgehead atoms. The predicted molar refractivity (Wildman–Crippen MR) is 98.1 cm³/mol.